The monoisotopic (exact) mass is 348 g/mol. The molecule has 2 heterocycles. The van der Waals surface area contributed by atoms with E-state index >= 15 is 0 Å². The molecule has 0 aliphatic carbocycles. The number of methoxy groups -OCH3 is 1. The van der Waals surface area contributed by atoms with E-state index in [1.165, 1.54) is 26.0 Å². The predicted octanol–water partition coefficient (Wildman–Crippen LogP) is 3.53. The first-order valence-electron chi connectivity index (χ1n) is 8.77. The van der Waals surface area contributed by atoms with Crippen LogP contribution in [0, 0.1) is 12.7 Å². The van der Waals surface area contributed by atoms with Gasteiger partial charge in [-0.25, -0.2) is 9.37 Å². The first-order valence-corrected chi connectivity index (χ1v) is 8.77. The van der Waals surface area contributed by atoms with E-state index in [9.17, 15) is 9.50 Å². The van der Waals surface area contributed by atoms with Crippen molar-refractivity contribution in [2.24, 2.45) is 0 Å². The minimum absolute atomic E-state index is 0.175. The Labute approximate surface area is 147 Å². The van der Waals surface area contributed by atoms with Crippen LogP contribution in [0.15, 0.2) is 22.6 Å². The smallest absolute Gasteiger partial charge is 0.226 e. The average molecular weight is 348 g/mol. The highest BCUT2D eigenvalue weighted by atomic mass is 19.1. The highest BCUT2D eigenvalue weighted by molar-refractivity contribution is 5.56. The number of aromatic nitrogens is 1. The predicted molar refractivity (Wildman–Crippen MR) is 92.9 cm³/mol. The van der Waals surface area contributed by atoms with Gasteiger partial charge in [0.15, 0.2) is 11.6 Å². The van der Waals surface area contributed by atoms with Gasteiger partial charge in [-0.1, -0.05) is 6.42 Å². The molecule has 0 bridgehead atoms. The lowest BCUT2D eigenvalue weighted by molar-refractivity contribution is 0.111. The van der Waals surface area contributed by atoms with Gasteiger partial charge in [0.1, 0.15) is 5.76 Å². The lowest BCUT2D eigenvalue weighted by atomic mass is 9.99. The molecule has 0 spiro atoms. The zero-order valence-corrected chi connectivity index (χ0v) is 14.8. The number of ether oxygens (including phenoxy) is 1. The van der Waals surface area contributed by atoms with E-state index in [4.69, 9.17) is 9.15 Å². The zero-order valence-electron chi connectivity index (χ0n) is 14.8. The number of oxazole rings is 1. The molecule has 1 aromatic carbocycles. The first-order chi connectivity index (χ1) is 12.1. The Kier molecular flexibility index (Phi) is 5.71. The number of benzene rings is 1. The maximum atomic E-state index is 13.6. The molecule has 0 saturated carbocycles. The Balaban J connectivity index is 1.80. The molecule has 1 saturated heterocycles. The number of aryl methyl sites for hydroxylation is 1. The third kappa shape index (κ3) is 4.02. The van der Waals surface area contributed by atoms with Gasteiger partial charge in [0.2, 0.25) is 5.89 Å². The number of likely N-dealkylation sites (tertiary alicyclic amines) is 1. The second-order valence-electron chi connectivity index (χ2n) is 6.50. The van der Waals surface area contributed by atoms with Gasteiger partial charge in [-0.05, 0) is 50.9 Å². The van der Waals surface area contributed by atoms with E-state index in [1.54, 1.807) is 12.1 Å². The van der Waals surface area contributed by atoms with Crippen LogP contribution in [0.25, 0.3) is 11.5 Å². The summed E-state index contributed by atoms with van der Waals surface area (Å²) >= 11 is 0. The fourth-order valence-electron chi connectivity index (χ4n) is 3.43. The number of aliphatic hydroxyl groups is 1. The maximum Gasteiger partial charge on any atom is 0.226 e. The first kappa shape index (κ1) is 17.9. The SMILES string of the molecule is COc1cc(-c2nc(CN3CCCCC3CCO)c(C)o2)ccc1F. The van der Waals surface area contributed by atoms with Crippen molar-refractivity contribution in [2.45, 2.75) is 45.2 Å². The molecule has 1 aliphatic rings. The average Bonchev–Trinajstić information content (AvgIpc) is 2.98. The molecule has 2 aromatic rings. The number of nitrogens with zero attached hydrogens (tertiary/aromatic N) is 2. The van der Waals surface area contributed by atoms with E-state index in [-0.39, 0.29) is 12.4 Å². The van der Waals surface area contributed by atoms with Gasteiger partial charge < -0.3 is 14.3 Å². The van der Waals surface area contributed by atoms with E-state index < -0.39 is 5.82 Å². The van der Waals surface area contributed by atoms with Crippen molar-refractivity contribution in [1.29, 1.82) is 0 Å². The van der Waals surface area contributed by atoms with Crippen LogP contribution in [0.2, 0.25) is 0 Å². The number of hydrogen-bond donors (Lipinski definition) is 1. The summed E-state index contributed by atoms with van der Waals surface area (Å²) in [6.45, 7) is 3.83. The number of halogens is 1. The number of hydrogen-bond acceptors (Lipinski definition) is 5. The summed E-state index contributed by atoms with van der Waals surface area (Å²) in [6.07, 6.45) is 4.28. The molecule has 1 N–H and O–H groups in total. The molecule has 25 heavy (non-hydrogen) atoms. The molecule has 0 radical (unpaired) electrons. The second kappa shape index (κ2) is 7.97. The topological polar surface area (TPSA) is 58.7 Å². The molecular formula is C19H25FN2O3. The number of aliphatic hydroxyl groups excluding tert-OH is 1. The number of rotatable bonds is 6. The largest absolute Gasteiger partial charge is 0.494 e. The highest BCUT2D eigenvalue weighted by Gasteiger charge is 2.24. The van der Waals surface area contributed by atoms with E-state index in [2.05, 4.69) is 9.88 Å². The second-order valence-corrected chi connectivity index (χ2v) is 6.50. The lowest BCUT2D eigenvalue weighted by Crippen LogP contribution is -2.39. The van der Waals surface area contributed by atoms with Gasteiger partial charge in [-0.2, -0.15) is 0 Å². The standard InChI is InChI=1S/C19H25FN2O3/c1-13-17(12-22-9-4-3-5-15(22)8-10-23)21-19(25-13)14-6-7-16(20)18(11-14)24-2/h6-7,11,15,23H,3-5,8-10,12H2,1-2H3. The summed E-state index contributed by atoms with van der Waals surface area (Å²) in [4.78, 5) is 7.00. The van der Waals surface area contributed by atoms with Crippen LogP contribution in [0.1, 0.15) is 37.1 Å². The maximum absolute atomic E-state index is 13.6. The highest BCUT2D eigenvalue weighted by Crippen LogP contribution is 2.29. The Morgan fingerprint density at radius 3 is 3.00 bits per heavy atom. The molecule has 6 heteroatoms. The number of piperidine rings is 1. The summed E-state index contributed by atoms with van der Waals surface area (Å²) in [6, 6.07) is 4.99. The van der Waals surface area contributed by atoms with E-state index in [0.717, 1.165) is 30.8 Å². The quantitative estimate of drug-likeness (QED) is 0.865. The van der Waals surface area contributed by atoms with Crippen molar-refractivity contribution in [2.75, 3.05) is 20.3 Å². The summed E-state index contributed by atoms with van der Waals surface area (Å²) in [5, 5.41) is 9.28. The van der Waals surface area contributed by atoms with Crippen LogP contribution >= 0.6 is 0 Å². The van der Waals surface area contributed by atoms with Gasteiger partial charge in [-0.3, -0.25) is 4.90 Å². The molecule has 1 atom stereocenters. The molecule has 1 aliphatic heterocycles. The molecule has 3 rings (SSSR count). The fraction of sp³-hybridized carbons (Fsp3) is 0.526. The molecular weight excluding hydrogens is 323 g/mol. The van der Waals surface area contributed by atoms with Crippen LogP contribution in [-0.2, 0) is 6.54 Å². The van der Waals surface area contributed by atoms with Gasteiger partial charge in [0, 0.05) is 24.8 Å². The van der Waals surface area contributed by atoms with Gasteiger partial charge in [0.25, 0.3) is 0 Å². The summed E-state index contributed by atoms with van der Waals surface area (Å²) in [5.41, 5.74) is 1.58. The van der Waals surface area contributed by atoms with Crippen molar-refractivity contribution < 1.29 is 18.7 Å². The summed E-state index contributed by atoms with van der Waals surface area (Å²) in [5.74, 6) is 1.01. The zero-order chi connectivity index (χ0) is 17.8. The van der Waals surface area contributed by atoms with Crippen LogP contribution in [0.3, 0.4) is 0 Å². The van der Waals surface area contributed by atoms with Crippen molar-refractivity contribution in [3.63, 3.8) is 0 Å². The van der Waals surface area contributed by atoms with Crippen LogP contribution in [0.5, 0.6) is 5.75 Å². The summed E-state index contributed by atoms with van der Waals surface area (Å²) in [7, 11) is 1.44. The minimum Gasteiger partial charge on any atom is -0.494 e. The molecule has 5 nitrogen and oxygen atoms in total. The molecule has 1 unspecified atom stereocenters. The normalized spacial score (nSPS) is 18.5. The van der Waals surface area contributed by atoms with Gasteiger partial charge in [0.05, 0.1) is 12.8 Å². The third-order valence-corrected chi connectivity index (χ3v) is 4.85. The Hall–Kier alpha value is -1.92. The minimum atomic E-state index is -0.407. The Morgan fingerprint density at radius 2 is 2.24 bits per heavy atom. The molecule has 0 amide bonds. The Bertz CT molecular complexity index is 715. The van der Waals surface area contributed by atoms with Crippen LogP contribution < -0.4 is 4.74 Å². The Morgan fingerprint density at radius 1 is 1.40 bits per heavy atom. The van der Waals surface area contributed by atoms with E-state index in [0.29, 0.717) is 24.0 Å². The van der Waals surface area contributed by atoms with Gasteiger partial charge >= 0.3 is 0 Å². The van der Waals surface area contributed by atoms with Crippen molar-refractivity contribution in [1.82, 2.24) is 9.88 Å². The van der Waals surface area contributed by atoms with Gasteiger partial charge in [-0.15, -0.1) is 0 Å². The lowest BCUT2D eigenvalue weighted by Gasteiger charge is -2.35. The van der Waals surface area contributed by atoms with Crippen LogP contribution in [0.4, 0.5) is 4.39 Å². The molecule has 1 fully saturated rings. The fourth-order valence-corrected chi connectivity index (χ4v) is 3.43. The van der Waals surface area contributed by atoms with E-state index in [1.807, 2.05) is 6.92 Å². The summed E-state index contributed by atoms with van der Waals surface area (Å²) < 4.78 is 24.4. The van der Waals surface area contributed by atoms with Crippen molar-refractivity contribution in [3.05, 3.63) is 35.5 Å². The molecule has 1 aromatic heterocycles. The van der Waals surface area contributed by atoms with Crippen molar-refractivity contribution >= 4 is 0 Å². The third-order valence-electron chi connectivity index (χ3n) is 4.85. The van der Waals surface area contributed by atoms with Crippen LogP contribution in [-0.4, -0.2) is 41.3 Å². The van der Waals surface area contributed by atoms with Crippen molar-refractivity contribution in [3.8, 4) is 17.2 Å². The molecule has 136 valence electrons.